The number of halogens is 1. The Morgan fingerprint density at radius 3 is 3.12 bits per heavy atom. The zero-order chi connectivity index (χ0) is 11.1. The van der Waals surface area contributed by atoms with Crippen molar-refractivity contribution < 1.29 is 4.74 Å². The molecule has 2 heterocycles. The number of pyridine rings is 1. The van der Waals surface area contributed by atoms with Crippen LogP contribution >= 0.6 is 11.6 Å². The molecule has 4 heteroatoms. The van der Waals surface area contributed by atoms with Crippen LogP contribution < -0.4 is 5.56 Å². The molecule has 0 bridgehead atoms. The Morgan fingerprint density at radius 1 is 1.38 bits per heavy atom. The van der Waals surface area contributed by atoms with Gasteiger partial charge in [0.2, 0.25) is 0 Å². The van der Waals surface area contributed by atoms with E-state index < -0.39 is 0 Å². The van der Waals surface area contributed by atoms with E-state index in [1.54, 1.807) is 18.4 Å². The quantitative estimate of drug-likeness (QED) is 0.760. The van der Waals surface area contributed by atoms with Crippen LogP contribution in [0.4, 0.5) is 0 Å². The number of hydrogen-bond donors (Lipinski definition) is 1. The molecule has 1 aromatic carbocycles. The van der Waals surface area contributed by atoms with Crippen LogP contribution in [0.15, 0.2) is 29.3 Å². The highest BCUT2D eigenvalue weighted by molar-refractivity contribution is 6.31. The van der Waals surface area contributed by atoms with Crippen molar-refractivity contribution in [2.75, 3.05) is 0 Å². The van der Waals surface area contributed by atoms with Gasteiger partial charge in [-0.1, -0.05) is 11.6 Å². The summed E-state index contributed by atoms with van der Waals surface area (Å²) in [5.74, 6) is 0. The Labute approximate surface area is 96.3 Å². The fourth-order valence-corrected chi connectivity index (χ4v) is 2.08. The van der Waals surface area contributed by atoms with Crippen LogP contribution in [0.5, 0.6) is 0 Å². The Balaban J connectivity index is 2.50. The first-order chi connectivity index (χ1) is 7.75. The van der Waals surface area contributed by atoms with Crippen molar-refractivity contribution in [1.82, 2.24) is 4.98 Å². The number of benzene rings is 1. The Hall–Kier alpha value is -1.74. The normalized spacial score (nSPS) is 13.6. The molecule has 0 spiro atoms. The molecule has 1 N–H and O–H groups in total. The molecule has 1 aliphatic rings. The van der Waals surface area contributed by atoms with Crippen molar-refractivity contribution in [2.45, 2.75) is 6.61 Å². The Morgan fingerprint density at radius 2 is 2.25 bits per heavy atom. The summed E-state index contributed by atoms with van der Waals surface area (Å²) < 4.78 is 5.12. The molecule has 3 rings (SSSR count). The highest BCUT2D eigenvalue weighted by atomic mass is 35.5. The second-order valence-corrected chi connectivity index (χ2v) is 4.09. The van der Waals surface area contributed by atoms with E-state index in [0.717, 1.165) is 16.5 Å². The van der Waals surface area contributed by atoms with Crippen molar-refractivity contribution in [3.63, 3.8) is 0 Å². The van der Waals surface area contributed by atoms with E-state index in [-0.39, 0.29) is 5.56 Å². The minimum absolute atomic E-state index is 0.103. The van der Waals surface area contributed by atoms with Crippen molar-refractivity contribution in [1.29, 1.82) is 0 Å². The second-order valence-electron chi connectivity index (χ2n) is 3.65. The lowest BCUT2D eigenvalue weighted by Crippen LogP contribution is -2.16. The lowest BCUT2D eigenvalue weighted by Gasteiger charge is -2.13. The molecule has 1 aliphatic heterocycles. The number of nitrogens with one attached hydrogen (secondary N) is 1. The van der Waals surface area contributed by atoms with Crippen molar-refractivity contribution >= 4 is 28.6 Å². The van der Waals surface area contributed by atoms with Gasteiger partial charge in [-0.2, -0.15) is 0 Å². The molecule has 3 nitrogen and oxygen atoms in total. The molecule has 0 amide bonds. The molecule has 0 radical (unpaired) electrons. The molecular formula is C12H8ClNO2. The van der Waals surface area contributed by atoms with E-state index in [1.165, 1.54) is 0 Å². The highest BCUT2D eigenvalue weighted by Gasteiger charge is 2.13. The van der Waals surface area contributed by atoms with E-state index in [1.807, 2.05) is 12.1 Å². The van der Waals surface area contributed by atoms with Gasteiger partial charge in [-0.05, 0) is 29.8 Å². The van der Waals surface area contributed by atoms with E-state index >= 15 is 0 Å². The highest BCUT2D eigenvalue weighted by Crippen LogP contribution is 2.25. The molecular weight excluding hydrogens is 226 g/mol. The van der Waals surface area contributed by atoms with Gasteiger partial charge in [0.05, 0.1) is 11.8 Å². The monoisotopic (exact) mass is 233 g/mol. The van der Waals surface area contributed by atoms with Gasteiger partial charge in [0.15, 0.2) is 0 Å². The van der Waals surface area contributed by atoms with Gasteiger partial charge in [-0.15, -0.1) is 0 Å². The Kier molecular flexibility index (Phi) is 2.01. The average Bonchev–Trinajstić information content (AvgIpc) is 2.31. The zero-order valence-corrected chi connectivity index (χ0v) is 9.04. The molecule has 0 unspecified atom stereocenters. The number of H-pyrrole nitrogens is 1. The third-order valence-electron chi connectivity index (χ3n) is 2.68. The van der Waals surface area contributed by atoms with Gasteiger partial charge in [0, 0.05) is 15.9 Å². The minimum atomic E-state index is -0.103. The SMILES string of the molecule is O=c1[nH]c2ccc(Cl)cc2c2c1COC=C2. The fourth-order valence-electron chi connectivity index (χ4n) is 1.91. The standard InChI is InChI=1S/C12H8ClNO2/c13-7-1-2-11-9(5-7)8-3-4-16-6-10(8)12(15)14-11/h1-5H,6H2,(H,14,15). The fraction of sp³-hybridized carbons (Fsp3) is 0.0833. The van der Waals surface area contributed by atoms with Gasteiger partial charge >= 0.3 is 0 Å². The van der Waals surface area contributed by atoms with Crippen LogP contribution in [0.1, 0.15) is 11.1 Å². The molecule has 16 heavy (non-hydrogen) atoms. The summed E-state index contributed by atoms with van der Waals surface area (Å²) in [5.41, 5.74) is 2.23. The minimum Gasteiger partial charge on any atom is -0.496 e. The largest absolute Gasteiger partial charge is 0.496 e. The summed E-state index contributed by atoms with van der Waals surface area (Å²) in [6.45, 7) is 0.309. The van der Waals surface area contributed by atoms with Gasteiger partial charge in [0.1, 0.15) is 6.61 Å². The van der Waals surface area contributed by atoms with E-state index in [4.69, 9.17) is 16.3 Å². The first kappa shape index (κ1) is 9.48. The molecule has 0 saturated heterocycles. The third kappa shape index (κ3) is 1.32. The summed E-state index contributed by atoms with van der Waals surface area (Å²) >= 11 is 5.95. The third-order valence-corrected chi connectivity index (χ3v) is 2.91. The molecule has 0 saturated carbocycles. The lowest BCUT2D eigenvalue weighted by molar-refractivity contribution is 0.233. The maximum atomic E-state index is 11.8. The molecule has 0 aliphatic carbocycles. The number of aromatic amines is 1. The number of hydrogen-bond acceptors (Lipinski definition) is 2. The van der Waals surface area contributed by atoms with Gasteiger partial charge < -0.3 is 9.72 Å². The van der Waals surface area contributed by atoms with Gasteiger partial charge in [0.25, 0.3) is 5.56 Å². The van der Waals surface area contributed by atoms with Crippen LogP contribution in [-0.4, -0.2) is 4.98 Å². The van der Waals surface area contributed by atoms with Crippen LogP contribution in [0.3, 0.4) is 0 Å². The summed E-state index contributed by atoms with van der Waals surface area (Å²) in [6, 6.07) is 5.42. The number of fused-ring (bicyclic) bond motifs is 3. The molecule has 0 fully saturated rings. The van der Waals surface area contributed by atoms with E-state index in [2.05, 4.69) is 4.98 Å². The van der Waals surface area contributed by atoms with Crippen LogP contribution in [0, 0.1) is 0 Å². The van der Waals surface area contributed by atoms with Crippen molar-refractivity contribution in [3.8, 4) is 0 Å². The summed E-state index contributed by atoms with van der Waals surface area (Å²) in [7, 11) is 0. The molecule has 2 aromatic rings. The second kappa shape index (κ2) is 3.39. The predicted molar refractivity (Wildman–Crippen MR) is 63.4 cm³/mol. The molecule has 1 aromatic heterocycles. The van der Waals surface area contributed by atoms with Crippen molar-refractivity contribution in [2.24, 2.45) is 0 Å². The summed E-state index contributed by atoms with van der Waals surface area (Å²) in [5, 5.41) is 1.60. The number of aromatic nitrogens is 1. The van der Waals surface area contributed by atoms with Gasteiger partial charge in [-0.25, -0.2) is 0 Å². The van der Waals surface area contributed by atoms with Crippen LogP contribution in [0.25, 0.3) is 17.0 Å². The lowest BCUT2D eigenvalue weighted by atomic mass is 10.0. The topological polar surface area (TPSA) is 42.1 Å². The first-order valence-electron chi connectivity index (χ1n) is 4.88. The smallest absolute Gasteiger partial charge is 0.255 e. The van der Waals surface area contributed by atoms with Crippen molar-refractivity contribution in [3.05, 3.63) is 51.0 Å². The molecule has 0 atom stereocenters. The summed E-state index contributed by atoms with van der Waals surface area (Å²) in [4.78, 5) is 14.6. The average molecular weight is 234 g/mol. The number of ether oxygens (including phenoxy) is 1. The molecule has 80 valence electrons. The first-order valence-corrected chi connectivity index (χ1v) is 5.26. The van der Waals surface area contributed by atoms with Crippen LogP contribution in [-0.2, 0) is 11.3 Å². The number of rotatable bonds is 0. The maximum absolute atomic E-state index is 11.8. The maximum Gasteiger partial charge on any atom is 0.255 e. The zero-order valence-electron chi connectivity index (χ0n) is 8.29. The van der Waals surface area contributed by atoms with Crippen LogP contribution in [0.2, 0.25) is 5.02 Å². The Bertz CT molecular complexity index is 658. The predicted octanol–water partition coefficient (Wildman–Crippen LogP) is 2.68. The van der Waals surface area contributed by atoms with Gasteiger partial charge in [-0.3, -0.25) is 4.79 Å². The van der Waals surface area contributed by atoms with E-state index in [0.29, 0.717) is 17.2 Å². The summed E-state index contributed by atoms with van der Waals surface area (Å²) in [6.07, 6.45) is 3.40. The van der Waals surface area contributed by atoms with E-state index in [9.17, 15) is 4.79 Å².